The molecule has 0 atom stereocenters. The molecule has 3 N–H and O–H groups in total. The van der Waals surface area contributed by atoms with Crippen LogP contribution in [0.2, 0.25) is 0 Å². The van der Waals surface area contributed by atoms with Gasteiger partial charge in [0.25, 0.3) is 0 Å². The van der Waals surface area contributed by atoms with Crippen molar-refractivity contribution in [3.8, 4) is 0 Å². The minimum Gasteiger partial charge on any atom is -0.338 e. The molecular formula is C15H21F3N4O2. The Balaban J connectivity index is 2.30. The van der Waals surface area contributed by atoms with Crippen LogP contribution in [-0.2, 0) is 4.79 Å². The van der Waals surface area contributed by atoms with E-state index in [1.807, 2.05) is 0 Å². The van der Waals surface area contributed by atoms with Crippen LogP contribution >= 0.6 is 0 Å². The number of carbonyl (C=O) groups excluding carboxylic acids is 2. The monoisotopic (exact) mass is 346 g/mol. The lowest BCUT2D eigenvalue weighted by atomic mass is 10.2. The molecule has 0 heterocycles. The van der Waals surface area contributed by atoms with Gasteiger partial charge in [-0.3, -0.25) is 9.69 Å². The number of hydrogen-bond acceptors (Lipinski definition) is 3. The summed E-state index contributed by atoms with van der Waals surface area (Å²) in [6, 6.07) is 6.14. The van der Waals surface area contributed by atoms with Crippen molar-refractivity contribution in [3.05, 3.63) is 24.3 Å². The molecule has 24 heavy (non-hydrogen) atoms. The summed E-state index contributed by atoms with van der Waals surface area (Å²) < 4.78 is 36.4. The molecule has 0 bridgehead atoms. The molecule has 9 heteroatoms. The highest BCUT2D eigenvalue weighted by atomic mass is 19.4. The number of halogens is 3. The Morgan fingerprint density at radius 3 is 2.38 bits per heavy atom. The summed E-state index contributed by atoms with van der Waals surface area (Å²) in [5.74, 6) is -0.223. The van der Waals surface area contributed by atoms with Crippen molar-refractivity contribution in [1.29, 1.82) is 0 Å². The molecule has 0 saturated carbocycles. The van der Waals surface area contributed by atoms with Gasteiger partial charge in [-0.2, -0.15) is 13.2 Å². The number of rotatable bonds is 7. The van der Waals surface area contributed by atoms with Gasteiger partial charge in [-0.15, -0.1) is 0 Å². The zero-order chi connectivity index (χ0) is 18.2. The van der Waals surface area contributed by atoms with Crippen molar-refractivity contribution in [1.82, 2.24) is 10.2 Å². The summed E-state index contributed by atoms with van der Waals surface area (Å²) in [5, 5.41) is 7.74. The third kappa shape index (κ3) is 8.99. The largest absolute Gasteiger partial charge is 0.401 e. The van der Waals surface area contributed by atoms with Gasteiger partial charge in [-0.25, -0.2) is 4.79 Å². The maximum atomic E-state index is 12.1. The van der Waals surface area contributed by atoms with Gasteiger partial charge in [0.05, 0.1) is 6.54 Å². The van der Waals surface area contributed by atoms with Gasteiger partial charge in [0.15, 0.2) is 0 Å². The van der Waals surface area contributed by atoms with Crippen LogP contribution in [0.1, 0.15) is 13.3 Å². The molecule has 6 nitrogen and oxygen atoms in total. The minimum atomic E-state index is -4.22. The Morgan fingerprint density at radius 2 is 1.79 bits per heavy atom. The van der Waals surface area contributed by atoms with Crippen LogP contribution in [0.4, 0.5) is 29.3 Å². The number of hydrogen-bond donors (Lipinski definition) is 3. The lowest BCUT2D eigenvalue weighted by Crippen LogP contribution is -2.34. The smallest absolute Gasteiger partial charge is 0.338 e. The Bertz CT molecular complexity index is 564. The molecule has 3 amide bonds. The zero-order valence-corrected chi connectivity index (χ0v) is 13.5. The molecule has 1 aromatic carbocycles. The van der Waals surface area contributed by atoms with E-state index in [2.05, 4.69) is 16.0 Å². The molecular weight excluding hydrogens is 325 g/mol. The maximum Gasteiger partial charge on any atom is 0.401 e. The lowest BCUT2D eigenvalue weighted by Gasteiger charge is -2.18. The van der Waals surface area contributed by atoms with Crippen LogP contribution < -0.4 is 16.0 Å². The predicted molar refractivity (Wildman–Crippen MR) is 85.9 cm³/mol. The molecule has 134 valence electrons. The first-order valence-corrected chi connectivity index (χ1v) is 7.33. The van der Waals surface area contributed by atoms with E-state index in [1.54, 1.807) is 24.3 Å². The van der Waals surface area contributed by atoms with Crippen molar-refractivity contribution < 1.29 is 22.8 Å². The van der Waals surface area contributed by atoms with Gasteiger partial charge in [-0.05, 0) is 38.2 Å². The summed E-state index contributed by atoms with van der Waals surface area (Å²) in [6.45, 7) is 0.870. The zero-order valence-electron chi connectivity index (χ0n) is 13.5. The van der Waals surface area contributed by atoms with Crippen LogP contribution in [0.3, 0.4) is 0 Å². The second-order valence-electron chi connectivity index (χ2n) is 5.35. The first-order valence-electron chi connectivity index (χ1n) is 7.33. The van der Waals surface area contributed by atoms with Crippen molar-refractivity contribution in [2.75, 3.05) is 37.3 Å². The van der Waals surface area contributed by atoms with Gasteiger partial charge in [0.1, 0.15) is 0 Å². The van der Waals surface area contributed by atoms with Crippen molar-refractivity contribution in [2.45, 2.75) is 19.5 Å². The summed E-state index contributed by atoms with van der Waals surface area (Å²) in [4.78, 5) is 23.8. The Hall–Kier alpha value is -2.29. The van der Waals surface area contributed by atoms with Gasteiger partial charge in [-0.1, -0.05) is 6.07 Å². The van der Waals surface area contributed by atoms with E-state index in [0.717, 1.165) is 4.90 Å². The van der Waals surface area contributed by atoms with E-state index in [9.17, 15) is 22.8 Å². The number of urea groups is 1. The Labute approximate surface area is 138 Å². The standard InChI is InChI=1S/C15H21F3N4O2/c1-11(23)20-12-5-3-6-13(9-12)21-14(24)19-7-4-8-22(2)10-15(16,17)18/h3,5-6,9H,4,7-8,10H2,1-2H3,(H,20,23)(H2,19,21,24). The molecule has 0 fully saturated rings. The summed E-state index contributed by atoms with van der Waals surface area (Å²) in [5.41, 5.74) is 1.04. The normalized spacial score (nSPS) is 11.2. The number of anilines is 2. The fourth-order valence-corrected chi connectivity index (χ4v) is 1.99. The van der Waals surface area contributed by atoms with Gasteiger partial charge in [0.2, 0.25) is 5.91 Å². The molecule has 0 aromatic heterocycles. The first-order chi connectivity index (χ1) is 11.2. The topological polar surface area (TPSA) is 73.5 Å². The van der Waals surface area contributed by atoms with Crippen LogP contribution in [-0.4, -0.2) is 49.7 Å². The average Bonchev–Trinajstić information content (AvgIpc) is 2.41. The number of benzene rings is 1. The second kappa shape index (κ2) is 9.11. The maximum absolute atomic E-state index is 12.1. The highest BCUT2D eigenvalue weighted by Crippen LogP contribution is 2.16. The van der Waals surface area contributed by atoms with Gasteiger partial charge in [0, 0.05) is 24.8 Å². The highest BCUT2D eigenvalue weighted by molar-refractivity contribution is 5.92. The molecule has 1 rings (SSSR count). The van der Waals surface area contributed by atoms with E-state index in [0.29, 0.717) is 17.8 Å². The van der Waals surface area contributed by atoms with Crippen LogP contribution in [0, 0.1) is 0 Å². The van der Waals surface area contributed by atoms with E-state index >= 15 is 0 Å². The van der Waals surface area contributed by atoms with Crippen LogP contribution in [0.25, 0.3) is 0 Å². The molecule has 0 radical (unpaired) electrons. The average molecular weight is 346 g/mol. The van der Waals surface area contributed by atoms with Crippen molar-refractivity contribution in [2.24, 2.45) is 0 Å². The molecule has 0 spiro atoms. The van der Waals surface area contributed by atoms with E-state index in [-0.39, 0.29) is 19.0 Å². The third-order valence-electron chi connectivity index (χ3n) is 2.89. The number of nitrogens with zero attached hydrogens (tertiary/aromatic N) is 1. The third-order valence-corrected chi connectivity index (χ3v) is 2.89. The van der Waals surface area contributed by atoms with Crippen molar-refractivity contribution in [3.63, 3.8) is 0 Å². The number of alkyl halides is 3. The van der Waals surface area contributed by atoms with Crippen molar-refractivity contribution >= 4 is 23.3 Å². The first kappa shape index (κ1) is 19.8. The van der Waals surface area contributed by atoms with E-state index in [1.165, 1.54) is 14.0 Å². The Kier molecular flexibility index (Phi) is 7.50. The quantitative estimate of drug-likeness (QED) is 0.665. The van der Waals surface area contributed by atoms with Crippen LogP contribution in [0.15, 0.2) is 24.3 Å². The summed E-state index contributed by atoms with van der Waals surface area (Å²) >= 11 is 0. The summed E-state index contributed by atoms with van der Waals surface area (Å²) in [7, 11) is 1.38. The number of carbonyl (C=O) groups is 2. The minimum absolute atomic E-state index is 0.220. The summed E-state index contributed by atoms with van der Waals surface area (Å²) in [6.07, 6.45) is -3.83. The number of nitrogens with one attached hydrogen (secondary N) is 3. The molecule has 0 aliphatic heterocycles. The predicted octanol–water partition coefficient (Wildman–Crippen LogP) is 2.65. The van der Waals surface area contributed by atoms with Crippen LogP contribution in [0.5, 0.6) is 0 Å². The molecule has 0 saturated heterocycles. The van der Waals surface area contributed by atoms with Gasteiger partial charge < -0.3 is 16.0 Å². The van der Waals surface area contributed by atoms with Gasteiger partial charge >= 0.3 is 12.2 Å². The fourth-order valence-electron chi connectivity index (χ4n) is 1.99. The molecule has 1 aromatic rings. The van der Waals surface area contributed by atoms with E-state index in [4.69, 9.17) is 0 Å². The number of amides is 3. The van der Waals surface area contributed by atoms with E-state index < -0.39 is 18.8 Å². The molecule has 0 unspecified atom stereocenters. The SMILES string of the molecule is CC(=O)Nc1cccc(NC(=O)NCCCN(C)CC(F)(F)F)c1. The molecule has 0 aliphatic carbocycles. The molecule has 0 aliphatic rings. The second-order valence-corrected chi connectivity index (χ2v) is 5.35. The lowest BCUT2D eigenvalue weighted by molar-refractivity contribution is -0.143. The Morgan fingerprint density at radius 1 is 1.17 bits per heavy atom. The fraction of sp³-hybridized carbons (Fsp3) is 0.467. The highest BCUT2D eigenvalue weighted by Gasteiger charge is 2.28.